The highest BCUT2D eigenvalue weighted by atomic mass is 35.5. The Balaban J connectivity index is 0.00000153. The molecule has 9 heteroatoms. The number of nitrogens with zero attached hydrogens (tertiary/aromatic N) is 4. The summed E-state index contributed by atoms with van der Waals surface area (Å²) in [5, 5.41) is 3.49. The number of amides is 1. The third-order valence-electron chi connectivity index (χ3n) is 6.43. The molecule has 2 atom stereocenters. The third-order valence-corrected chi connectivity index (χ3v) is 6.43. The van der Waals surface area contributed by atoms with Crippen LogP contribution in [-0.2, 0) is 17.8 Å². The maximum absolute atomic E-state index is 13.5. The zero-order valence-corrected chi connectivity index (χ0v) is 20.4. The van der Waals surface area contributed by atoms with E-state index in [0.717, 1.165) is 43.0 Å². The van der Waals surface area contributed by atoms with Gasteiger partial charge in [0.15, 0.2) is 0 Å². The molecule has 1 amide bonds. The number of piperidine rings is 1. The molecule has 176 valence electrons. The zero-order valence-electron chi connectivity index (χ0n) is 18.7. The molecule has 2 aliphatic rings. The normalized spacial score (nSPS) is 18.5. The van der Waals surface area contributed by atoms with Crippen LogP contribution in [0.3, 0.4) is 0 Å². The summed E-state index contributed by atoms with van der Waals surface area (Å²) in [6, 6.07) is 11.9. The Morgan fingerprint density at radius 1 is 1.18 bits per heavy atom. The van der Waals surface area contributed by atoms with Gasteiger partial charge in [-0.25, -0.2) is 4.98 Å². The predicted octanol–water partition coefficient (Wildman–Crippen LogP) is 2.88. The van der Waals surface area contributed by atoms with Gasteiger partial charge in [0.25, 0.3) is 5.56 Å². The predicted molar refractivity (Wildman–Crippen MR) is 134 cm³/mol. The van der Waals surface area contributed by atoms with Crippen LogP contribution in [0.4, 0.5) is 0 Å². The molecule has 0 radical (unpaired) electrons. The number of carbonyl (C=O) groups excluding carboxylic acids is 1. The molecule has 5 rings (SSSR count). The molecular formula is C24H29Cl2N5O2. The topological polar surface area (TPSA) is 72.2 Å². The van der Waals surface area contributed by atoms with Crippen LogP contribution in [0.15, 0.2) is 53.6 Å². The molecule has 0 unspecified atom stereocenters. The number of nitrogens with one attached hydrogen (secondary N) is 1. The first-order chi connectivity index (χ1) is 15.0. The number of benzene rings is 1. The minimum absolute atomic E-state index is 0. The molecule has 2 bridgehead atoms. The quantitative estimate of drug-likeness (QED) is 0.611. The zero-order chi connectivity index (χ0) is 21.5. The number of fused-ring (bicyclic) bond motifs is 4. The molecule has 1 fully saturated rings. The van der Waals surface area contributed by atoms with E-state index in [4.69, 9.17) is 0 Å². The molecule has 0 spiro atoms. The molecule has 0 saturated carbocycles. The van der Waals surface area contributed by atoms with Gasteiger partial charge in [-0.3, -0.25) is 14.2 Å². The van der Waals surface area contributed by atoms with E-state index in [1.807, 2.05) is 45.7 Å². The summed E-state index contributed by atoms with van der Waals surface area (Å²) in [5.74, 6) is 1.59. The minimum Gasteiger partial charge on any atom is -0.349 e. The van der Waals surface area contributed by atoms with Gasteiger partial charge in [0.1, 0.15) is 5.82 Å². The van der Waals surface area contributed by atoms with Crippen LogP contribution in [0.5, 0.6) is 0 Å². The van der Waals surface area contributed by atoms with Crippen molar-refractivity contribution in [2.45, 2.75) is 25.3 Å². The van der Waals surface area contributed by atoms with Crippen LogP contribution in [0.1, 0.15) is 23.6 Å². The Kier molecular flexibility index (Phi) is 7.67. The highest BCUT2D eigenvalue weighted by Crippen LogP contribution is 2.32. The van der Waals surface area contributed by atoms with Gasteiger partial charge in [-0.05, 0) is 48.7 Å². The van der Waals surface area contributed by atoms with Gasteiger partial charge in [0.2, 0.25) is 5.91 Å². The molecular weight excluding hydrogens is 461 g/mol. The molecule has 0 aliphatic carbocycles. The summed E-state index contributed by atoms with van der Waals surface area (Å²) in [4.78, 5) is 31.7. The molecule has 2 aliphatic heterocycles. The molecule has 1 aromatic carbocycles. The van der Waals surface area contributed by atoms with Crippen LogP contribution >= 0.6 is 24.8 Å². The molecule has 7 nitrogen and oxygen atoms in total. The van der Waals surface area contributed by atoms with Gasteiger partial charge in [-0.1, -0.05) is 12.1 Å². The van der Waals surface area contributed by atoms with Crippen LogP contribution in [0.25, 0.3) is 17.1 Å². The SMILES string of the molecule is CN(C)C(=O)Cc1cccc(-n2ccnc2-c2ccc3n(c2=O)C[C@@H]2CNC[C@H]3C2)c1.Cl.Cl. The Bertz CT molecular complexity index is 1200. The van der Waals surface area contributed by atoms with Crippen molar-refractivity contribution < 1.29 is 4.79 Å². The number of imidazole rings is 1. The van der Waals surface area contributed by atoms with Crippen LogP contribution in [0, 0.1) is 5.92 Å². The summed E-state index contributed by atoms with van der Waals surface area (Å²) in [6.07, 6.45) is 5.07. The number of hydrogen-bond donors (Lipinski definition) is 1. The molecule has 1 N–H and O–H groups in total. The summed E-state index contributed by atoms with van der Waals surface area (Å²) >= 11 is 0. The van der Waals surface area contributed by atoms with E-state index in [1.54, 1.807) is 25.2 Å². The number of rotatable bonds is 4. The lowest BCUT2D eigenvalue weighted by Crippen LogP contribution is -2.45. The summed E-state index contributed by atoms with van der Waals surface area (Å²) < 4.78 is 3.89. The number of hydrogen-bond acceptors (Lipinski definition) is 4. The van der Waals surface area contributed by atoms with Gasteiger partial charge in [-0.15, -0.1) is 24.8 Å². The third kappa shape index (κ3) is 4.71. The second kappa shape index (κ2) is 10.1. The van der Waals surface area contributed by atoms with Gasteiger partial charge in [0, 0.05) is 56.9 Å². The summed E-state index contributed by atoms with van der Waals surface area (Å²) in [7, 11) is 3.52. The number of likely N-dealkylation sites (N-methyl/N-ethyl adjacent to an activating group) is 1. The smallest absolute Gasteiger partial charge is 0.261 e. The van der Waals surface area contributed by atoms with E-state index in [-0.39, 0.29) is 36.3 Å². The van der Waals surface area contributed by atoms with Crippen LogP contribution in [-0.4, -0.2) is 52.1 Å². The van der Waals surface area contributed by atoms with Crippen molar-refractivity contribution in [1.82, 2.24) is 24.3 Å². The first-order valence-corrected chi connectivity index (χ1v) is 10.8. The van der Waals surface area contributed by atoms with Gasteiger partial charge < -0.3 is 14.8 Å². The van der Waals surface area contributed by atoms with Crippen molar-refractivity contribution in [2.24, 2.45) is 5.92 Å². The van der Waals surface area contributed by atoms with Crippen molar-refractivity contribution >= 4 is 30.7 Å². The Hall–Kier alpha value is -2.61. The maximum Gasteiger partial charge on any atom is 0.261 e. The van der Waals surface area contributed by atoms with E-state index in [1.165, 1.54) is 0 Å². The summed E-state index contributed by atoms with van der Waals surface area (Å²) in [6.45, 7) is 2.66. The van der Waals surface area contributed by atoms with Crippen molar-refractivity contribution in [3.63, 3.8) is 0 Å². The fraction of sp³-hybridized carbons (Fsp3) is 0.375. The monoisotopic (exact) mass is 489 g/mol. The largest absolute Gasteiger partial charge is 0.349 e. The van der Waals surface area contributed by atoms with Gasteiger partial charge >= 0.3 is 0 Å². The fourth-order valence-electron chi connectivity index (χ4n) is 4.82. The Morgan fingerprint density at radius 2 is 2.00 bits per heavy atom. The van der Waals surface area contributed by atoms with Crippen molar-refractivity contribution in [1.29, 1.82) is 0 Å². The highest BCUT2D eigenvalue weighted by Gasteiger charge is 2.31. The van der Waals surface area contributed by atoms with Crippen molar-refractivity contribution in [3.05, 3.63) is 70.4 Å². The second-order valence-electron chi connectivity index (χ2n) is 8.80. The van der Waals surface area contributed by atoms with Gasteiger partial charge in [-0.2, -0.15) is 0 Å². The number of halogens is 2. The van der Waals surface area contributed by atoms with Crippen LogP contribution in [0.2, 0.25) is 0 Å². The molecule has 3 aromatic rings. The Labute approximate surface area is 205 Å². The number of aromatic nitrogens is 3. The standard InChI is InChI=1S/C24H27N5O2.2ClH/c1-27(2)22(30)12-16-4-3-5-19(11-16)28-9-8-26-23(28)20-6-7-21-18-10-17(13-25-14-18)15-29(21)24(20)31;;/h3-9,11,17-18,25H,10,12-15H2,1-2H3;2*1H/t17-,18+;;/m0../s1. The molecule has 2 aromatic heterocycles. The van der Waals surface area contributed by atoms with E-state index in [9.17, 15) is 9.59 Å². The van der Waals surface area contributed by atoms with E-state index >= 15 is 0 Å². The number of pyridine rings is 1. The fourth-order valence-corrected chi connectivity index (χ4v) is 4.82. The highest BCUT2D eigenvalue weighted by molar-refractivity contribution is 5.85. The Morgan fingerprint density at radius 3 is 2.79 bits per heavy atom. The van der Waals surface area contributed by atoms with Crippen LogP contribution < -0.4 is 10.9 Å². The minimum atomic E-state index is 0. The molecule has 33 heavy (non-hydrogen) atoms. The lowest BCUT2D eigenvalue weighted by atomic mass is 9.84. The van der Waals surface area contributed by atoms with E-state index < -0.39 is 0 Å². The second-order valence-corrected chi connectivity index (χ2v) is 8.80. The average Bonchev–Trinajstić information content (AvgIpc) is 3.24. The maximum atomic E-state index is 13.5. The van der Waals surface area contributed by atoms with Crippen molar-refractivity contribution in [3.8, 4) is 17.1 Å². The van der Waals surface area contributed by atoms with Crippen molar-refractivity contribution in [2.75, 3.05) is 27.2 Å². The first-order valence-electron chi connectivity index (χ1n) is 10.8. The van der Waals surface area contributed by atoms with Gasteiger partial charge in [0.05, 0.1) is 12.0 Å². The molecule has 1 saturated heterocycles. The first kappa shape index (κ1) is 25.0. The lowest BCUT2D eigenvalue weighted by Gasteiger charge is -2.37. The molecule has 4 heterocycles. The van der Waals surface area contributed by atoms with E-state index in [2.05, 4.69) is 16.4 Å². The summed E-state index contributed by atoms with van der Waals surface area (Å²) in [5.41, 5.74) is 3.58. The number of carbonyl (C=O) groups is 1. The lowest BCUT2D eigenvalue weighted by molar-refractivity contribution is -0.127. The average molecular weight is 490 g/mol. The van der Waals surface area contributed by atoms with E-state index in [0.29, 0.717) is 29.6 Å².